The highest BCUT2D eigenvalue weighted by Gasteiger charge is 2.35. The topological polar surface area (TPSA) is 99.4 Å². The highest BCUT2D eigenvalue weighted by atomic mass is 19.4. The molecule has 2 aromatic heterocycles. The van der Waals surface area contributed by atoms with E-state index in [1.54, 1.807) is 0 Å². The Balaban J connectivity index is 1.73. The zero-order valence-electron chi connectivity index (χ0n) is 15.3. The Morgan fingerprint density at radius 3 is 2.61 bits per heavy atom. The van der Waals surface area contributed by atoms with Crippen LogP contribution in [-0.4, -0.2) is 26.0 Å². The Morgan fingerprint density at radius 1 is 1.18 bits per heavy atom. The van der Waals surface area contributed by atoms with Crippen LogP contribution in [0, 0.1) is 17.2 Å². The third kappa shape index (κ3) is 4.85. The molecule has 0 bridgehead atoms. The molecule has 0 radical (unpaired) electrons. The predicted molar refractivity (Wildman–Crippen MR) is 96.2 cm³/mol. The first-order valence-electron chi connectivity index (χ1n) is 9.00. The molecule has 148 valence electrons. The molecule has 7 nitrogen and oxygen atoms in total. The lowest BCUT2D eigenvalue weighted by atomic mass is 9.87. The SMILES string of the molecule is CC1CCC(Nc2nc(NCc3cncnc3C(F)(F)F)ncc2C#N)CC1. The Hall–Kier alpha value is -2.96. The number of hydrogen-bond donors (Lipinski definition) is 2. The van der Waals surface area contributed by atoms with E-state index in [1.807, 2.05) is 6.07 Å². The smallest absolute Gasteiger partial charge is 0.366 e. The van der Waals surface area contributed by atoms with Crippen LogP contribution in [-0.2, 0) is 12.7 Å². The predicted octanol–water partition coefficient (Wildman–Crippen LogP) is 3.76. The summed E-state index contributed by atoms with van der Waals surface area (Å²) in [5, 5.41) is 15.3. The van der Waals surface area contributed by atoms with Crippen molar-refractivity contribution in [3.8, 4) is 6.07 Å². The van der Waals surface area contributed by atoms with Crippen molar-refractivity contribution in [1.29, 1.82) is 5.26 Å². The summed E-state index contributed by atoms with van der Waals surface area (Å²) in [7, 11) is 0. The average molecular weight is 391 g/mol. The van der Waals surface area contributed by atoms with Gasteiger partial charge in [0.25, 0.3) is 0 Å². The number of nitrogens with one attached hydrogen (secondary N) is 2. The molecule has 0 atom stereocenters. The van der Waals surface area contributed by atoms with Gasteiger partial charge in [0.2, 0.25) is 5.95 Å². The molecule has 28 heavy (non-hydrogen) atoms. The summed E-state index contributed by atoms with van der Waals surface area (Å²) in [5.41, 5.74) is -0.819. The van der Waals surface area contributed by atoms with Crippen LogP contribution >= 0.6 is 0 Å². The van der Waals surface area contributed by atoms with Gasteiger partial charge in [0.05, 0.1) is 6.20 Å². The Labute approximate surface area is 160 Å². The Bertz CT molecular complexity index is 855. The molecule has 0 amide bonds. The summed E-state index contributed by atoms with van der Waals surface area (Å²) in [6.07, 6.45) is 2.91. The minimum absolute atomic E-state index is 0.112. The van der Waals surface area contributed by atoms with Crippen molar-refractivity contribution in [1.82, 2.24) is 19.9 Å². The van der Waals surface area contributed by atoms with Crippen molar-refractivity contribution < 1.29 is 13.2 Å². The maximum Gasteiger partial charge on any atom is 0.433 e. The highest BCUT2D eigenvalue weighted by Crippen LogP contribution is 2.30. The number of alkyl halides is 3. The number of hydrogen-bond acceptors (Lipinski definition) is 7. The molecule has 0 spiro atoms. The fraction of sp³-hybridized carbons (Fsp3) is 0.500. The van der Waals surface area contributed by atoms with E-state index in [9.17, 15) is 18.4 Å². The van der Waals surface area contributed by atoms with Gasteiger partial charge in [-0.15, -0.1) is 0 Å². The van der Waals surface area contributed by atoms with Gasteiger partial charge in [0.15, 0.2) is 5.69 Å². The average Bonchev–Trinajstić information content (AvgIpc) is 2.68. The monoisotopic (exact) mass is 391 g/mol. The van der Waals surface area contributed by atoms with Crippen LogP contribution < -0.4 is 10.6 Å². The van der Waals surface area contributed by atoms with E-state index in [2.05, 4.69) is 37.5 Å². The minimum Gasteiger partial charge on any atom is -0.366 e. The molecule has 0 unspecified atom stereocenters. The summed E-state index contributed by atoms with van der Waals surface area (Å²) in [6.45, 7) is 2.02. The van der Waals surface area contributed by atoms with Crippen LogP contribution in [0.2, 0.25) is 0 Å². The molecule has 2 N–H and O–H groups in total. The van der Waals surface area contributed by atoms with E-state index in [-0.39, 0.29) is 24.1 Å². The van der Waals surface area contributed by atoms with Crippen LogP contribution in [0.25, 0.3) is 0 Å². The standard InChI is InChI=1S/C18H20F3N7/c1-11-2-4-14(5-3-11)27-16-12(6-22)8-24-17(28-16)25-9-13-7-23-10-26-15(13)18(19,20)21/h7-8,10-11,14H,2-5,9H2,1H3,(H2,24,25,27,28). The fourth-order valence-electron chi connectivity index (χ4n) is 3.17. The second-order valence-corrected chi connectivity index (χ2v) is 6.92. The maximum absolute atomic E-state index is 13.0. The van der Waals surface area contributed by atoms with Crippen molar-refractivity contribution in [3.63, 3.8) is 0 Å². The van der Waals surface area contributed by atoms with Gasteiger partial charge in [-0.2, -0.15) is 23.4 Å². The largest absolute Gasteiger partial charge is 0.433 e. The minimum atomic E-state index is -4.57. The summed E-state index contributed by atoms with van der Waals surface area (Å²) in [5.74, 6) is 1.20. The van der Waals surface area contributed by atoms with Gasteiger partial charge in [-0.05, 0) is 31.6 Å². The van der Waals surface area contributed by atoms with Crippen LogP contribution in [0.15, 0.2) is 18.7 Å². The van der Waals surface area contributed by atoms with E-state index < -0.39 is 11.9 Å². The van der Waals surface area contributed by atoms with E-state index in [0.29, 0.717) is 17.3 Å². The number of rotatable bonds is 5. The number of aromatic nitrogens is 4. The molecule has 1 aliphatic carbocycles. The van der Waals surface area contributed by atoms with E-state index >= 15 is 0 Å². The molecule has 1 saturated carbocycles. The molecule has 0 saturated heterocycles. The van der Waals surface area contributed by atoms with Crippen molar-refractivity contribution in [2.45, 2.75) is 51.4 Å². The van der Waals surface area contributed by atoms with Crippen LogP contribution in [0.1, 0.15) is 49.4 Å². The van der Waals surface area contributed by atoms with Gasteiger partial charge in [0, 0.05) is 24.3 Å². The zero-order chi connectivity index (χ0) is 20.1. The number of anilines is 2. The molecular formula is C18H20F3N7. The molecule has 1 fully saturated rings. The lowest BCUT2D eigenvalue weighted by Crippen LogP contribution is -2.26. The number of halogens is 3. The summed E-state index contributed by atoms with van der Waals surface area (Å²) in [6, 6.07) is 2.25. The van der Waals surface area contributed by atoms with Crippen molar-refractivity contribution >= 4 is 11.8 Å². The van der Waals surface area contributed by atoms with Crippen LogP contribution in [0.4, 0.5) is 24.9 Å². The lowest BCUT2D eigenvalue weighted by molar-refractivity contribution is -0.141. The lowest BCUT2D eigenvalue weighted by Gasteiger charge is -2.27. The van der Waals surface area contributed by atoms with Gasteiger partial charge < -0.3 is 10.6 Å². The third-order valence-electron chi connectivity index (χ3n) is 4.76. The second kappa shape index (κ2) is 8.37. The van der Waals surface area contributed by atoms with Crippen molar-refractivity contribution in [2.75, 3.05) is 10.6 Å². The fourth-order valence-corrected chi connectivity index (χ4v) is 3.17. The Kier molecular flexibility index (Phi) is 5.92. The number of nitriles is 1. The van der Waals surface area contributed by atoms with Crippen LogP contribution in [0.5, 0.6) is 0 Å². The molecule has 0 aromatic carbocycles. The molecule has 2 heterocycles. The zero-order valence-corrected chi connectivity index (χ0v) is 15.3. The summed E-state index contributed by atoms with van der Waals surface area (Å²) < 4.78 is 39.1. The number of nitrogens with zero attached hydrogens (tertiary/aromatic N) is 5. The van der Waals surface area contributed by atoms with Gasteiger partial charge in [-0.3, -0.25) is 0 Å². The second-order valence-electron chi connectivity index (χ2n) is 6.92. The van der Waals surface area contributed by atoms with Crippen molar-refractivity contribution in [3.05, 3.63) is 35.5 Å². The quantitative estimate of drug-likeness (QED) is 0.800. The van der Waals surface area contributed by atoms with Gasteiger partial charge in [0.1, 0.15) is 23.8 Å². The molecular weight excluding hydrogens is 371 g/mol. The van der Waals surface area contributed by atoms with Gasteiger partial charge in [-0.1, -0.05) is 6.92 Å². The first-order chi connectivity index (χ1) is 13.4. The maximum atomic E-state index is 13.0. The molecule has 2 aromatic rings. The molecule has 10 heteroatoms. The van der Waals surface area contributed by atoms with Crippen molar-refractivity contribution in [2.24, 2.45) is 5.92 Å². The normalized spacial score (nSPS) is 19.7. The Morgan fingerprint density at radius 2 is 1.93 bits per heavy atom. The summed E-state index contributed by atoms with van der Waals surface area (Å²) >= 11 is 0. The van der Waals surface area contributed by atoms with Gasteiger partial charge >= 0.3 is 6.18 Å². The van der Waals surface area contributed by atoms with Gasteiger partial charge in [-0.25, -0.2) is 15.0 Å². The molecule has 3 rings (SSSR count). The van der Waals surface area contributed by atoms with E-state index in [1.165, 1.54) is 6.20 Å². The third-order valence-corrected chi connectivity index (χ3v) is 4.76. The summed E-state index contributed by atoms with van der Waals surface area (Å²) in [4.78, 5) is 15.3. The van der Waals surface area contributed by atoms with E-state index in [0.717, 1.165) is 38.2 Å². The first-order valence-corrected chi connectivity index (χ1v) is 9.00. The molecule has 0 aliphatic heterocycles. The molecule has 1 aliphatic rings. The first kappa shape index (κ1) is 19.8. The van der Waals surface area contributed by atoms with E-state index in [4.69, 9.17) is 0 Å². The van der Waals surface area contributed by atoms with Crippen LogP contribution in [0.3, 0.4) is 0 Å². The highest BCUT2D eigenvalue weighted by molar-refractivity contribution is 5.54.